The highest BCUT2D eigenvalue weighted by atomic mass is 16.5. The molecule has 0 aliphatic rings. The smallest absolute Gasteiger partial charge is 0.255 e. The number of hydrogen-bond acceptors (Lipinski definition) is 4. The van der Waals surface area contributed by atoms with Crippen molar-refractivity contribution in [2.24, 2.45) is 0 Å². The number of carbonyl (C=O) groups excluding carboxylic acids is 1. The Kier molecular flexibility index (Phi) is 5.04. The Morgan fingerprint density at radius 2 is 1.77 bits per heavy atom. The molecule has 1 aromatic heterocycles. The van der Waals surface area contributed by atoms with E-state index in [9.17, 15) is 4.79 Å². The Morgan fingerprint density at radius 1 is 1.00 bits per heavy atom. The number of nitrogens with zero attached hydrogens (tertiary/aromatic N) is 1. The minimum atomic E-state index is -0.213. The molecule has 0 saturated heterocycles. The largest absolute Gasteiger partial charge is 0.497 e. The topological polar surface area (TPSA) is 64.4 Å². The van der Waals surface area contributed by atoms with Crippen molar-refractivity contribution in [3.05, 3.63) is 77.9 Å². The number of methoxy groups -OCH3 is 1. The van der Waals surface area contributed by atoms with Crippen LogP contribution in [0.3, 0.4) is 0 Å². The van der Waals surface area contributed by atoms with E-state index in [1.165, 1.54) is 5.56 Å². The summed E-state index contributed by atoms with van der Waals surface area (Å²) in [5.74, 6) is 0.980. The van der Waals surface area contributed by atoms with Crippen LogP contribution in [0.2, 0.25) is 0 Å². The van der Waals surface area contributed by atoms with E-state index >= 15 is 0 Å². The van der Waals surface area contributed by atoms with Gasteiger partial charge in [-0.2, -0.15) is 0 Å². The van der Waals surface area contributed by atoms with Gasteiger partial charge in [-0.1, -0.05) is 39.0 Å². The molecule has 0 saturated carbocycles. The molecule has 1 heterocycles. The van der Waals surface area contributed by atoms with Gasteiger partial charge < -0.3 is 14.5 Å². The third kappa shape index (κ3) is 4.06. The average molecular weight is 400 g/mol. The first-order chi connectivity index (χ1) is 14.3. The average Bonchev–Trinajstić information content (AvgIpc) is 3.16. The van der Waals surface area contributed by atoms with Gasteiger partial charge in [-0.05, 0) is 59.5 Å². The van der Waals surface area contributed by atoms with E-state index in [0.717, 1.165) is 5.56 Å². The predicted molar refractivity (Wildman–Crippen MR) is 119 cm³/mol. The Balaban J connectivity index is 1.57. The van der Waals surface area contributed by atoms with Crippen molar-refractivity contribution in [2.45, 2.75) is 26.2 Å². The van der Waals surface area contributed by atoms with E-state index in [0.29, 0.717) is 34.0 Å². The number of nitrogens with one attached hydrogen (secondary N) is 1. The second-order valence-electron chi connectivity index (χ2n) is 8.21. The normalized spacial score (nSPS) is 11.5. The maximum Gasteiger partial charge on any atom is 0.255 e. The molecule has 0 fully saturated rings. The van der Waals surface area contributed by atoms with E-state index in [1.807, 2.05) is 24.3 Å². The minimum Gasteiger partial charge on any atom is -0.497 e. The van der Waals surface area contributed by atoms with Crippen LogP contribution in [-0.2, 0) is 5.41 Å². The van der Waals surface area contributed by atoms with Crippen LogP contribution in [0.4, 0.5) is 5.69 Å². The SMILES string of the molecule is COc1cccc(C(=O)Nc2ccc3oc(-c4ccc(C(C)(C)C)cc4)nc3c2)c1. The number of anilines is 1. The van der Waals surface area contributed by atoms with Crippen molar-refractivity contribution in [3.8, 4) is 17.2 Å². The minimum absolute atomic E-state index is 0.0930. The molecule has 1 N–H and O–H groups in total. The van der Waals surface area contributed by atoms with E-state index < -0.39 is 0 Å². The summed E-state index contributed by atoms with van der Waals surface area (Å²) in [5, 5.41) is 2.90. The molecule has 5 heteroatoms. The fourth-order valence-electron chi connectivity index (χ4n) is 3.21. The van der Waals surface area contributed by atoms with Gasteiger partial charge in [0.2, 0.25) is 5.89 Å². The maximum absolute atomic E-state index is 12.5. The van der Waals surface area contributed by atoms with Gasteiger partial charge in [0.05, 0.1) is 7.11 Å². The number of aromatic nitrogens is 1. The summed E-state index contributed by atoms with van der Waals surface area (Å²) in [5.41, 5.74) is 4.80. The number of benzene rings is 3. The fourth-order valence-corrected chi connectivity index (χ4v) is 3.21. The van der Waals surface area contributed by atoms with Crippen LogP contribution in [0.25, 0.3) is 22.6 Å². The molecule has 0 aliphatic heterocycles. The monoisotopic (exact) mass is 400 g/mol. The van der Waals surface area contributed by atoms with E-state index in [1.54, 1.807) is 37.4 Å². The summed E-state index contributed by atoms with van der Waals surface area (Å²) in [6.45, 7) is 6.55. The molecule has 0 atom stereocenters. The summed E-state index contributed by atoms with van der Waals surface area (Å²) in [6.07, 6.45) is 0. The fraction of sp³-hybridized carbons (Fsp3) is 0.200. The first kappa shape index (κ1) is 19.7. The molecular weight excluding hydrogens is 376 g/mol. The molecule has 5 nitrogen and oxygen atoms in total. The number of amides is 1. The first-order valence-electron chi connectivity index (χ1n) is 9.80. The van der Waals surface area contributed by atoms with Crippen LogP contribution >= 0.6 is 0 Å². The van der Waals surface area contributed by atoms with Crippen LogP contribution in [-0.4, -0.2) is 18.0 Å². The molecule has 4 aromatic rings. The van der Waals surface area contributed by atoms with Crippen molar-refractivity contribution < 1.29 is 13.9 Å². The zero-order chi connectivity index (χ0) is 21.3. The molecule has 3 aromatic carbocycles. The second-order valence-corrected chi connectivity index (χ2v) is 8.21. The molecule has 30 heavy (non-hydrogen) atoms. The van der Waals surface area contributed by atoms with Gasteiger partial charge in [-0.3, -0.25) is 4.79 Å². The number of hydrogen-bond donors (Lipinski definition) is 1. The van der Waals surface area contributed by atoms with Crippen molar-refractivity contribution in [1.29, 1.82) is 0 Å². The number of fused-ring (bicyclic) bond motifs is 1. The molecular formula is C25H24N2O3. The van der Waals surface area contributed by atoms with Crippen LogP contribution in [0, 0.1) is 0 Å². The number of ether oxygens (including phenoxy) is 1. The molecule has 0 aliphatic carbocycles. The van der Waals surface area contributed by atoms with Crippen molar-refractivity contribution in [2.75, 3.05) is 12.4 Å². The van der Waals surface area contributed by atoms with Crippen molar-refractivity contribution in [3.63, 3.8) is 0 Å². The molecule has 0 unspecified atom stereocenters. The Morgan fingerprint density at radius 3 is 2.47 bits per heavy atom. The highest BCUT2D eigenvalue weighted by Gasteiger charge is 2.15. The van der Waals surface area contributed by atoms with Gasteiger partial charge in [0.1, 0.15) is 11.3 Å². The summed E-state index contributed by atoms with van der Waals surface area (Å²) in [4.78, 5) is 17.2. The summed E-state index contributed by atoms with van der Waals surface area (Å²) in [7, 11) is 1.57. The molecule has 0 bridgehead atoms. The first-order valence-corrected chi connectivity index (χ1v) is 9.80. The highest BCUT2D eigenvalue weighted by molar-refractivity contribution is 6.05. The van der Waals surface area contributed by atoms with Crippen LogP contribution in [0.5, 0.6) is 5.75 Å². The number of oxazole rings is 1. The third-order valence-corrected chi connectivity index (χ3v) is 4.98. The Hall–Kier alpha value is -3.60. The lowest BCUT2D eigenvalue weighted by Gasteiger charge is -2.18. The summed E-state index contributed by atoms with van der Waals surface area (Å²) >= 11 is 0. The van der Waals surface area contributed by atoms with Crippen LogP contribution < -0.4 is 10.1 Å². The van der Waals surface area contributed by atoms with E-state index in [-0.39, 0.29) is 11.3 Å². The molecule has 1 amide bonds. The van der Waals surface area contributed by atoms with Crippen LogP contribution in [0.15, 0.2) is 71.1 Å². The number of rotatable bonds is 4. The zero-order valence-corrected chi connectivity index (χ0v) is 17.5. The van der Waals surface area contributed by atoms with E-state index in [4.69, 9.17) is 9.15 Å². The Bertz CT molecular complexity index is 1200. The number of carbonyl (C=O) groups is 1. The van der Waals surface area contributed by atoms with Gasteiger partial charge in [0, 0.05) is 16.8 Å². The lowest BCUT2D eigenvalue weighted by Crippen LogP contribution is -2.11. The van der Waals surface area contributed by atoms with Gasteiger partial charge in [-0.15, -0.1) is 0 Å². The van der Waals surface area contributed by atoms with E-state index in [2.05, 4.69) is 43.2 Å². The third-order valence-electron chi connectivity index (χ3n) is 4.98. The molecule has 0 spiro atoms. The predicted octanol–water partition coefficient (Wildman–Crippen LogP) is 6.05. The van der Waals surface area contributed by atoms with Gasteiger partial charge in [-0.25, -0.2) is 4.98 Å². The maximum atomic E-state index is 12.5. The van der Waals surface area contributed by atoms with Crippen molar-refractivity contribution >= 4 is 22.7 Å². The Labute approximate surface area is 175 Å². The molecule has 152 valence electrons. The second kappa shape index (κ2) is 7.67. The quantitative estimate of drug-likeness (QED) is 0.453. The lowest BCUT2D eigenvalue weighted by atomic mass is 9.87. The molecule has 4 rings (SSSR count). The highest BCUT2D eigenvalue weighted by Crippen LogP contribution is 2.29. The van der Waals surface area contributed by atoms with Gasteiger partial charge >= 0.3 is 0 Å². The zero-order valence-electron chi connectivity index (χ0n) is 17.5. The van der Waals surface area contributed by atoms with Crippen molar-refractivity contribution in [1.82, 2.24) is 4.98 Å². The summed E-state index contributed by atoms with van der Waals surface area (Å²) < 4.78 is 11.1. The standard InChI is InChI=1S/C25H24N2O3/c1-25(2,3)18-10-8-16(9-11-18)24-27-21-15-19(12-13-22(21)30-24)26-23(28)17-6-5-7-20(14-17)29-4/h5-15H,1-4H3,(H,26,28). The van der Waals surface area contributed by atoms with Crippen LogP contribution in [0.1, 0.15) is 36.7 Å². The van der Waals surface area contributed by atoms with Gasteiger partial charge in [0.15, 0.2) is 5.58 Å². The lowest BCUT2D eigenvalue weighted by molar-refractivity contribution is 0.102. The molecule has 0 radical (unpaired) electrons. The van der Waals surface area contributed by atoms with Gasteiger partial charge in [0.25, 0.3) is 5.91 Å². The summed E-state index contributed by atoms with van der Waals surface area (Å²) in [6, 6.07) is 20.7.